The van der Waals surface area contributed by atoms with Crippen molar-refractivity contribution in [2.75, 3.05) is 14.2 Å². The van der Waals surface area contributed by atoms with Crippen LogP contribution in [0.1, 0.15) is 5.56 Å². The quantitative estimate of drug-likeness (QED) is 0.511. The van der Waals surface area contributed by atoms with E-state index in [9.17, 15) is 35.5 Å². The van der Waals surface area contributed by atoms with E-state index in [-0.39, 0.29) is 6.54 Å². The van der Waals surface area contributed by atoms with Crippen molar-refractivity contribution in [3.8, 4) is 5.75 Å². The van der Waals surface area contributed by atoms with Crippen LogP contribution in [0.3, 0.4) is 0 Å². The molecule has 0 spiro atoms. The molecule has 29 heavy (non-hydrogen) atoms. The Balaban J connectivity index is 2.42. The third kappa shape index (κ3) is 4.33. The maximum absolute atomic E-state index is 14.5. The van der Waals surface area contributed by atoms with Gasteiger partial charge in [0.25, 0.3) is 0 Å². The lowest BCUT2D eigenvalue weighted by atomic mass is 9.80. The van der Waals surface area contributed by atoms with Crippen LogP contribution in [0.15, 0.2) is 48.3 Å². The monoisotopic (exact) mass is 427 g/mol. The lowest BCUT2D eigenvalue weighted by Gasteiger charge is -2.37. The van der Waals surface area contributed by atoms with E-state index in [1.165, 1.54) is 7.11 Å². The fourth-order valence-corrected chi connectivity index (χ4v) is 2.80. The summed E-state index contributed by atoms with van der Waals surface area (Å²) in [6.07, 6.45) is -10.7. The number of benzene rings is 1. The zero-order chi connectivity index (χ0) is 22.0. The lowest BCUT2D eigenvalue weighted by molar-refractivity contribution is -0.350. The van der Waals surface area contributed by atoms with Crippen LogP contribution in [0.2, 0.25) is 0 Å². The number of carbonyl (C=O) groups is 1. The summed E-state index contributed by atoms with van der Waals surface area (Å²) in [6, 6.07) is 6.40. The molecule has 1 heterocycles. The van der Waals surface area contributed by atoms with Gasteiger partial charge in [0.1, 0.15) is 5.75 Å². The van der Waals surface area contributed by atoms with Crippen LogP contribution in [-0.2, 0) is 16.1 Å². The zero-order valence-electron chi connectivity index (χ0n) is 15.1. The van der Waals surface area contributed by atoms with E-state index in [4.69, 9.17) is 4.74 Å². The Hall–Kier alpha value is -2.72. The average Bonchev–Trinajstić information content (AvgIpc) is 2.65. The summed E-state index contributed by atoms with van der Waals surface area (Å²) >= 11 is 0. The van der Waals surface area contributed by atoms with Crippen LogP contribution in [-0.4, -0.2) is 43.1 Å². The molecule has 1 aliphatic heterocycles. The van der Waals surface area contributed by atoms with Gasteiger partial charge in [-0.25, -0.2) is 9.18 Å². The molecule has 0 aliphatic carbocycles. The van der Waals surface area contributed by atoms with Gasteiger partial charge in [-0.2, -0.15) is 26.3 Å². The third-order valence-electron chi connectivity index (χ3n) is 4.31. The van der Waals surface area contributed by atoms with Gasteiger partial charge >= 0.3 is 24.0 Å². The molecule has 0 aromatic heterocycles. The molecule has 1 aromatic rings. The highest BCUT2D eigenvalue weighted by molar-refractivity contribution is 5.90. The van der Waals surface area contributed by atoms with Crippen molar-refractivity contribution in [1.29, 1.82) is 0 Å². The minimum atomic E-state index is -6.31. The molecule has 160 valence electrons. The molecular formula is C18H16F7NO3. The van der Waals surface area contributed by atoms with Gasteiger partial charge in [0.05, 0.1) is 25.7 Å². The molecule has 1 unspecified atom stereocenters. The van der Waals surface area contributed by atoms with E-state index in [1.807, 2.05) is 0 Å². The summed E-state index contributed by atoms with van der Waals surface area (Å²) in [7, 11) is 2.21. The molecule has 4 nitrogen and oxygen atoms in total. The number of methoxy groups -OCH3 is 2. The predicted molar refractivity (Wildman–Crippen MR) is 87.2 cm³/mol. The van der Waals surface area contributed by atoms with Crippen molar-refractivity contribution in [3.63, 3.8) is 0 Å². The van der Waals surface area contributed by atoms with Gasteiger partial charge in [-0.3, -0.25) is 0 Å². The minimum absolute atomic E-state index is 0.00890. The number of alkyl halides is 7. The average molecular weight is 427 g/mol. The molecule has 0 radical (unpaired) electrons. The molecule has 0 saturated heterocycles. The van der Waals surface area contributed by atoms with E-state index >= 15 is 0 Å². The van der Waals surface area contributed by atoms with E-state index in [0.29, 0.717) is 23.6 Å². The second-order valence-corrected chi connectivity index (χ2v) is 6.12. The van der Waals surface area contributed by atoms with Crippen molar-refractivity contribution < 1.29 is 45.0 Å². The van der Waals surface area contributed by atoms with Crippen LogP contribution in [0.5, 0.6) is 5.75 Å². The smallest absolute Gasteiger partial charge is 0.432 e. The normalized spacial score (nSPS) is 17.8. The fourth-order valence-electron chi connectivity index (χ4n) is 2.80. The highest BCUT2D eigenvalue weighted by Gasteiger charge is 2.76. The Morgan fingerprint density at radius 3 is 2.00 bits per heavy atom. The van der Waals surface area contributed by atoms with Crippen LogP contribution in [0.25, 0.3) is 0 Å². The van der Waals surface area contributed by atoms with Crippen LogP contribution < -0.4 is 4.74 Å². The number of nitrogens with zero attached hydrogens (tertiary/aromatic N) is 1. The highest BCUT2D eigenvalue weighted by atomic mass is 19.4. The first kappa shape index (κ1) is 22.6. The van der Waals surface area contributed by atoms with Crippen molar-refractivity contribution >= 4 is 5.97 Å². The summed E-state index contributed by atoms with van der Waals surface area (Å²) in [5, 5.41) is 0. The van der Waals surface area contributed by atoms with Crippen molar-refractivity contribution in [2.45, 2.75) is 24.6 Å². The van der Waals surface area contributed by atoms with Gasteiger partial charge in [-0.05, 0) is 17.7 Å². The maximum Gasteiger partial charge on any atom is 0.432 e. The number of ether oxygens (including phenoxy) is 2. The maximum atomic E-state index is 14.5. The molecule has 2 rings (SSSR count). The number of carbonyl (C=O) groups excluding carboxylic acids is 1. The van der Waals surface area contributed by atoms with Crippen LogP contribution in [0, 0.1) is 5.92 Å². The van der Waals surface area contributed by atoms with Gasteiger partial charge in [-0.15, -0.1) is 0 Å². The number of allylic oxidation sites excluding steroid dienone is 1. The van der Waals surface area contributed by atoms with Crippen LogP contribution >= 0.6 is 0 Å². The lowest BCUT2D eigenvalue weighted by Crippen LogP contribution is -2.59. The number of halogens is 7. The Kier molecular flexibility index (Phi) is 6.19. The minimum Gasteiger partial charge on any atom is -0.497 e. The Morgan fingerprint density at radius 1 is 1.00 bits per heavy atom. The van der Waals surface area contributed by atoms with E-state index in [2.05, 4.69) is 4.74 Å². The Labute approximate surface area is 161 Å². The largest absolute Gasteiger partial charge is 0.497 e. The zero-order valence-corrected chi connectivity index (χ0v) is 15.1. The Bertz CT molecular complexity index is 783. The van der Waals surface area contributed by atoms with Gasteiger partial charge in [0.15, 0.2) is 0 Å². The second kappa shape index (κ2) is 7.96. The van der Waals surface area contributed by atoms with Crippen LogP contribution in [0.4, 0.5) is 30.7 Å². The summed E-state index contributed by atoms with van der Waals surface area (Å²) in [6.45, 7) is -0.00890. The molecule has 1 aliphatic rings. The molecule has 0 saturated carbocycles. The summed E-state index contributed by atoms with van der Waals surface area (Å²) < 4.78 is 102. The van der Waals surface area contributed by atoms with Gasteiger partial charge in [0.2, 0.25) is 0 Å². The van der Waals surface area contributed by atoms with E-state index in [0.717, 1.165) is 18.2 Å². The summed E-state index contributed by atoms with van der Waals surface area (Å²) in [5.41, 5.74) is -6.17. The first-order valence-electron chi connectivity index (χ1n) is 8.04. The first-order chi connectivity index (χ1) is 13.3. The third-order valence-corrected chi connectivity index (χ3v) is 4.31. The second-order valence-electron chi connectivity index (χ2n) is 6.12. The number of rotatable bonds is 5. The van der Waals surface area contributed by atoms with Crippen molar-refractivity contribution in [1.82, 2.24) is 4.90 Å². The number of esters is 1. The Morgan fingerprint density at radius 2 is 1.55 bits per heavy atom. The van der Waals surface area contributed by atoms with Crippen molar-refractivity contribution in [2.24, 2.45) is 5.92 Å². The number of hydrogen-bond acceptors (Lipinski definition) is 4. The molecule has 11 heteroatoms. The van der Waals surface area contributed by atoms with E-state index in [1.54, 1.807) is 24.3 Å². The predicted octanol–water partition coefficient (Wildman–Crippen LogP) is 4.53. The van der Waals surface area contributed by atoms with Gasteiger partial charge in [0, 0.05) is 18.9 Å². The molecule has 0 fully saturated rings. The highest BCUT2D eigenvalue weighted by Crippen LogP contribution is 2.53. The number of hydrogen-bond donors (Lipinski definition) is 0. The standard InChI is InChI=1S/C18H16F7NO3/c1-28-12-5-3-11(4-6-12)9-26-8-7-14(13(10-26)15(27)29-2)16(19,17(20,21)22)18(23,24)25/h3-8,10,14H,9H2,1-2H3. The fraction of sp³-hybridized carbons (Fsp3) is 0.389. The molecule has 1 aromatic carbocycles. The first-order valence-corrected chi connectivity index (χ1v) is 8.04. The molecule has 0 N–H and O–H groups in total. The molecular weight excluding hydrogens is 411 g/mol. The van der Waals surface area contributed by atoms with Crippen molar-refractivity contribution in [3.05, 3.63) is 53.9 Å². The molecule has 0 bridgehead atoms. The van der Waals surface area contributed by atoms with Gasteiger partial charge < -0.3 is 14.4 Å². The van der Waals surface area contributed by atoms with E-state index < -0.39 is 35.5 Å². The SMILES string of the molecule is COC(=O)C1=CN(Cc2ccc(OC)cc2)C=CC1C(F)(C(F)(F)F)C(F)(F)F. The topological polar surface area (TPSA) is 38.8 Å². The summed E-state index contributed by atoms with van der Waals surface area (Å²) in [4.78, 5) is 13.0. The molecule has 0 amide bonds. The summed E-state index contributed by atoms with van der Waals surface area (Å²) in [5.74, 6) is -3.93. The van der Waals surface area contributed by atoms with Gasteiger partial charge in [-0.1, -0.05) is 18.2 Å². The molecule has 1 atom stereocenters.